The van der Waals surface area contributed by atoms with Gasteiger partial charge in [-0.3, -0.25) is 14.5 Å². The molecule has 0 aliphatic carbocycles. The summed E-state index contributed by atoms with van der Waals surface area (Å²) in [6.45, 7) is 3.68. The van der Waals surface area contributed by atoms with E-state index in [9.17, 15) is 18.8 Å². The minimum atomic E-state index is -0.940. The van der Waals surface area contributed by atoms with Gasteiger partial charge in [-0.05, 0) is 60.7 Å². The predicted octanol–water partition coefficient (Wildman–Crippen LogP) is 4.73. The molecule has 2 aromatic carbocycles. The van der Waals surface area contributed by atoms with Crippen LogP contribution in [0.2, 0.25) is 0 Å². The van der Waals surface area contributed by atoms with Gasteiger partial charge in [0.15, 0.2) is 12.1 Å². The predicted molar refractivity (Wildman–Crippen MR) is 127 cm³/mol. The SMILES string of the molecule is CC(C)NC(=O)C1C(c2ccc(NC(=O)c3cccs3)cc2)OC(=O)N1Cc1cccc(F)c1. The summed E-state index contributed by atoms with van der Waals surface area (Å²) < 4.78 is 19.3. The number of carbonyl (C=O) groups is 3. The van der Waals surface area contributed by atoms with Crippen molar-refractivity contribution < 1.29 is 23.5 Å². The van der Waals surface area contributed by atoms with Gasteiger partial charge in [-0.15, -0.1) is 11.3 Å². The highest BCUT2D eigenvalue weighted by atomic mass is 32.1. The number of hydrogen-bond acceptors (Lipinski definition) is 5. The van der Waals surface area contributed by atoms with Gasteiger partial charge in [0.05, 0.1) is 11.4 Å². The van der Waals surface area contributed by atoms with E-state index in [1.54, 1.807) is 48.5 Å². The molecule has 0 saturated carbocycles. The maximum absolute atomic E-state index is 13.7. The van der Waals surface area contributed by atoms with Crippen LogP contribution in [0.1, 0.15) is 40.8 Å². The number of rotatable bonds is 7. The van der Waals surface area contributed by atoms with Crippen molar-refractivity contribution in [2.75, 3.05) is 5.32 Å². The molecule has 0 spiro atoms. The van der Waals surface area contributed by atoms with Crippen LogP contribution in [0.15, 0.2) is 66.0 Å². The summed E-state index contributed by atoms with van der Waals surface area (Å²) in [6, 6.07) is 15.1. The maximum atomic E-state index is 13.7. The van der Waals surface area contributed by atoms with Crippen LogP contribution in [0.3, 0.4) is 0 Å². The number of cyclic esters (lactones) is 1. The van der Waals surface area contributed by atoms with Gasteiger partial charge in [0, 0.05) is 11.7 Å². The fourth-order valence-electron chi connectivity index (χ4n) is 3.77. The summed E-state index contributed by atoms with van der Waals surface area (Å²) >= 11 is 1.34. The van der Waals surface area contributed by atoms with E-state index in [0.717, 1.165) is 0 Å². The third-order valence-corrected chi connectivity index (χ3v) is 6.14. The highest BCUT2D eigenvalue weighted by Gasteiger charge is 2.47. The average Bonchev–Trinajstić information content (AvgIpc) is 3.43. The van der Waals surface area contributed by atoms with Crippen LogP contribution in [-0.4, -0.2) is 34.9 Å². The Balaban J connectivity index is 1.57. The summed E-state index contributed by atoms with van der Waals surface area (Å²) in [5.41, 5.74) is 1.73. The first kappa shape index (κ1) is 23.4. The van der Waals surface area contributed by atoms with Crippen LogP contribution in [0, 0.1) is 5.82 Å². The third kappa shape index (κ3) is 5.26. The molecule has 2 N–H and O–H groups in total. The molecule has 0 bridgehead atoms. The Morgan fingerprint density at radius 3 is 2.53 bits per heavy atom. The van der Waals surface area contributed by atoms with Gasteiger partial charge in [-0.2, -0.15) is 0 Å². The third-order valence-electron chi connectivity index (χ3n) is 5.27. The Morgan fingerprint density at radius 2 is 1.88 bits per heavy atom. The molecule has 3 aromatic rings. The molecule has 9 heteroatoms. The number of benzene rings is 2. The molecule has 3 amide bonds. The lowest BCUT2D eigenvalue weighted by molar-refractivity contribution is -0.126. The summed E-state index contributed by atoms with van der Waals surface area (Å²) in [4.78, 5) is 40.0. The van der Waals surface area contributed by atoms with E-state index in [2.05, 4.69) is 10.6 Å². The number of amides is 3. The van der Waals surface area contributed by atoms with E-state index in [-0.39, 0.29) is 24.4 Å². The number of carbonyl (C=O) groups excluding carboxylic acids is 3. The summed E-state index contributed by atoms with van der Waals surface area (Å²) in [7, 11) is 0. The number of anilines is 1. The van der Waals surface area contributed by atoms with Crippen molar-refractivity contribution in [1.82, 2.24) is 10.2 Å². The molecule has 0 radical (unpaired) electrons. The van der Waals surface area contributed by atoms with Crippen molar-refractivity contribution in [2.24, 2.45) is 0 Å². The monoisotopic (exact) mass is 481 g/mol. The molecular weight excluding hydrogens is 457 g/mol. The first-order valence-electron chi connectivity index (χ1n) is 10.8. The lowest BCUT2D eigenvalue weighted by Gasteiger charge is -2.25. The number of nitrogens with zero attached hydrogens (tertiary/aromatic N) is 1. The molecule has 4 rings (SSSR count). The zero-order valence-corrected chi connectivity index (χ0v) is 19.5. The molecule has 1 fully saturated rings. The fraction of sp³-hybridized carbons (Fsp3) is 0.240. The van der Waals surface area contributed by atoms with Crippen molar-refractivity contribution in [3.63, 3.8) is 0 Å². The van der Waals surface area contributed by atoms with E-state index in [0.29, 0.717) is 21.7 Å². The maximum Gasteiger partial charge on any atom is 0.411 e. The van der Waals surface area contributed by atoms with Crippen LogP contribution >= 0.6 is 11.3 Å². The lowest BCUT2D eigenvalue weighted by atomic mass is 10.00. The van der Waals surface area contributed by atoms with E-state index in [1.165, 1.54) is 28.4 Å². The van der Waals surface area contributed by atoms with Gasteiger partial charge >= 0.3 is 6.09 Å². The Labute approximate surface area is 200 Å². The molecular formula is C25H24FN3O4S. The summed E-state index contributed by atoms with van der Waals surface area (Å²) in [5, 5.41) is 7.48. The quantitative estimate of drug-likeness (QED) is 0.511. The van der Waals surface area contributed by atoms with Gasteiger partial charge in [-0.1, -0.05) is 30.3 Å². The number of nitrogens with one attached hydrogen (secondary N) is 2. The number of hydrogen-bond donors (Lipinski definition) is 2. The van der Waals surface area contributed by atoms with Crippen LogP contribution in [0.4, 0.5) is 14.9 Å². The molecule has 176 valence electrons. The van der Waals surface area contributed by atoms with E-state index >= 15 is 0 Å². The average molecular weight is 482 g/mol. The highest BCUT2D eigenvalue weighted by Crippen LogP contribution is 2.34. The van der Waals surface area contributed by atoms with Gasteiger partial charge in [0.2, 0.25) is 5.91 Å². The van der Waals surface area contributed by atoms with Crippen LogP contribution in [-0.2, 0) is 16.1 Å². The molecule has 2 unspecified atom stereocenters. The Kier molecular flexibility index (Phi) is 6.93. The van der Waals surface area contributed by atoms with E-state index in [1.807, 2.05) is 19.2 Å². The van der Waals surface area contributed by atoms with Crippen molar-refractivity contribution in [2.45, 2.75) is 38.6 Å². The Bertz CT molecular complexity index is 1180. The van der Waals surface area contributed by atoms with Crippen LogP contribution < -0.4 is 10.6 Å². The molecule has 7 nitrogen and oxygen atoms in total. The van der Waals surface area contributed by atoms with Gasteiger partial charge in [0.25, 0.3) is 5.91 Å². The molecule has 2 heterocycles. The number of halogens is 1. The van der Waals surface area contributed by atoms with Crippen molar-refractivity contribution in [3.8, 4) is 0 Å². The molecule has 2 atom stereocenters. The zero-order chi connectivity index (χ0) is 24.2. The van der Waals surface area contributed by atoms with Crippen LogP contribution in [0.25, 0.3) is 0 Å². The second kappa shape index (κ2) is 10.0. The van der Waals surface area contributed by atoms with Crippen molar-refractivity contribution >= 4 is 34.9 Å². The van der Waals surface area contributed by atoms with Gasteiger partial charge in [0.1, 0.15) is 5.82 Å². The largest absolute Gasteiger partial charge is 0.438 e. The minimum Gasteiger partial charge on any atom is -0.438 e. The number of ether oxygens (including phenoxy) is 1. The lowest BCUT2D eigenvalue weighted by Crippen LogP contribution is -2.48. The molecule has 34 heavy (non-hydrogen) atoms. The first-order chi connectivity index (χ1) is 16.3. The smallest absolute Gasteiger partial charge is 0.411 e. The molecule has 1 aromatic heterocycles. The minimum absolute atomic E-state index is 0.0260. The first-order valence-corrected chi connectivity index (χ1v) is 11.7. The molecule has 1 saturated heterocycles. The Morgan fingerprint density at radius 1 is 1.12 bits per heavy atom. The number of thiophene rings is 1. The van der Waals surface area contributed by atoms with Crippen molar-refractivity contribution in [3.05, 3.63) is 87.9 Å². The summed E-state index contributed by atoms with van der Waals surface area (Å²) in [6.07, 6.45) is -1.52. The van der Waals surface area contributed by atoms with E-state index < -0.39 is 24.1 Å². The highest BCUT2D eigenvalue weighted by molar-refractivity contribution is 7.12. The normalized spacial score (nSPS) is 17.5. The van der Waals surface area contributed by atoms with Crippen molar-refractivity contribution in [1.29, 1.82) is 0 Å². The molecule has 1 aliphatic rings. The fourth-order valence-corrected chi connectivity index (χ4v) is 4.39. The standard InChI is InChI=1S/C25H24FN3O4S/c1-15(2)27-24(31)21-22(33-25(32)29(21)14-16-5-3-6-18(26)13-16)17-8-10-19(11-9-17)28-23(30)20-7-4-12-34-20/h3-13,15,21-22H,14H2,1-2H3,(H,27,31)(H,28,30). The second-order valence-electron chi connectivity index (χ2n) is 8.22. The summed E-state index contributed by atoms with van der Waals surface area (Å²) in [5.74, 6) is -1.01. The Hall–Kier alpha value is -3.72. The van der Waals surface area contributed by atoms with E-state index in [4.69, 9.17) is 4.74 Å². The van der Waals surface area contributed by atoms with Crippen LogP contribution in [0.5, 0.6) is 0 Å². The van der Waals surface area contributed by atoms with Gasteiger partial charge in [-0.25, -0.2) is 9.18 Å². The van der Waals surface area contributed by atoms with Gasteiger partial charge < -0.3 is 15.4 Å². The molecule has 1 aliphatic heterocycles. The second-order valence-corrected chi connectivity index (χ2v) is 9.17. The topological polar surface area (TPSA) is 87.7 Å². The zero-order valence-electron chi connectivity index (χ0n) is 18.7.